The van der Waals surface area contributed by atoms with Gasteiger partial charge in [0.15, 0.2) is 0 Å². The van der Waals surface area contributed by atoms with Crippen LogP contribution in [0.4, 0.5) is 14.5 Å². The highest BCUT2D eigenvalue weighted by Crippen LogP contribution is 2.28. The molecule has 0 aromatic heterocycles. The number of carbonyl (C=O) groups excluding carboxylic acids is 1. The average Bonchev–Trinajstić information content (AvgIpc) is 3.18. The van der Waals surface area contributed by atoms with Gasteiger partial charge in [0.05, 0.1) is 15.5 Å². The number of hydrogen-bond acceptors (Lipinski definition) is 4. The van der Waals surface area contributed by atoms with Crippen LogP contribution in [0.15, 0.2) is 52.3 Å². The number of hydrogen-bond donors (Lipinski definition) is 1. The third-order valence-corrected chi connectivity index (χ3v) is 7.17. The summed E-state index contributed by atoms with van der Waals surface area (Å²) in [5.74, 6) is -3.11. The Morgan fingerprint density at radius 1 is 1.11 bits per heavy atom. The fourth-order valence-corrected chi connectivity index (χ4v) is 5.08. The molecule has 0 atom stereocenters. The second-order valence-electron chi connectivity index (χ2n) is 6.11. The summed E-state index contributed by atoms with van der Waals surface area (Å²) >= 11 is 6.50. The molecule has 3 rings (SSSR count). The van der Waals surface area contributed by atoms with Crippen LogP contribution >= 0.6 is 23.4 Å². The molecule has 0 saturated carbocycles. The van der Waals surface area contributed by atoms with Crippen LogP contribution in [-0.4, -0.2) is 37.5 Å². The van der Waals surface area contributed by atoms with E-state index in [9.17, 15) is 22.0 Å². The van der Waals surface area contributed by atoms with E-state index in [-0.39, 0.29) is 15.5 Å². The van der Waals surface area contributed by atoms with E-state index in [0.29, 0.717) is 35.4 Å². The molecule has 0 spiro atoms. The Balaban J connectivity index is 1.80. The lowest BCUT2D eigenvalue weighted by Gasteiger charge is -2.16. The first-order valence-electron chi connectivity index (χ1n) is 8.43. The third-order valence-electron chi connectivity index (χ3n) is 4.22. The summed E-state index contributed by atoms with van der Waals surface area (Å²) in [5.41, 5.74) is 0.403. The molecule has 1 aliphatic heterocycles. The lowest BCUT2D eigenvalue weighted by molar-refractivity contribution is 0.102. The minimum atomic E-state index is -3.68. The first-order chi connectivity index (χ1) is 13.3. The molecular weight excluding hydrogens is 430 g/mol. The van der Waals surface area contributed by atoms with Crippen molar-refractivity contribution in [3.8, 4) is 0 Å². The molecule has 10 heteroatoms. The van der Waals surface area contributed by atoms with Gasteiger partial charge in [0.2, 0.25) is 10.0 Å². The fraction of sp³-hybridized carbons (Fsp3) is 0.278. The van der Waals surface area contributed by atoms with Gasteiger partial charge in [-0.1, -0.05) is 23.4 Å². The molecule has 0 radical (unpaired) electrons. The topological polar surface area (TPSA) is 66.5 Å². The van der Waals surface area contributed by atoms with Crippen LogP contribution in [0, 0.1) is 0 Å². The molecule has 0 bridgehead atoms. The maximum Gasteiger partial charge on any atom is 0.288 e. The van der Waals surface area contributed by atoms with E-state index >= 15 is 0 Å². The molecule has 5 nitrogen and oxygen atoms in total. The summed E-state index contributed by atoms with van der Waals surface area (Å²) in [6, 6.07) is 9.91. The van der Waals surface area contributed by atoms with Gasteiger partial charge < -0.3 is 5.32 Å². The predicted molar refractivity (Wildman–Crippen MR) is 106 cm³/mol. The normalized spacial score (nSPS) is 15.1. The summed E-state index contributed by atoms with van der Waals surface area (Å²) in [5, 5.41) is 2.71. The van der Waals surface area contributed by atoms with Crippen molar-refractivity contribution in [3.63, 3.8) is 0 Å². The Bertz CT molecular complexity index is 963. The maximum atomic E-state index is 12.7. The molecule has 1 heterocycles. The number of rotatable bonds is 6. The Morgan fingerprint density at radius 3 is 2.36 bits per heavy atom. The summed E-state index contributed by atoms with van der Waals surface area (Å²) in [6.07, 6.45) is 1.61. The van der Waals surface area contributed by atoms with Gasteiger partial charge >= 0.3 is 0 Å². The Labute approximate surface area is 171 Å². The Hall–Kier alpha value is -1.68. The lowest BCUT2D eigenvalue weighted by Crippen LogP contribution is -2.28. The number of halogens is 3. The van der Waals surface area contributed by atoms with Crippen molar-refractivity contribution in [2.75, 3.05) is 18.4 Å². The molecule has 150 valence electrons. The van der Waals surface area contributed by atoms with Crippen molar-refractivity contribution in [3.05, 3.63) is 53.1 Å². The molecule has 1 N–H and O–H groups in total. The SMILES string of the molecule is O=C(Nc1ccc(SC(F)F)cc1)c1cc(S(=O)(=O)N2CCCC2)ccc1Cl. The quantitative estimate of drug-likeness (QED) is 0.653. The van der Waals surface area contributed by atoms with Crippen LogP contribution < -0.4 is 5.32 Å². The van der Waals surface area contributed by atoms with E-state index in [1.165, 1.54) is 46.8 Å². The van der Waals surface area contributed by atoms with Gasteiger partial charge in [-0.25, -0.2) is 8.42 Å². The van der Waals surface area contributed by atoms with Crippen LogP contribution in [0.25, 0.3) is 0 Å². The number of benzene rings is 2. The van der Waals surface area contributed by atoms with Gasteiger partial charge in [-0.15, -0.1) is 0 Å². The Morgan fingerprint density at radius 2 is 1.75 bits per heavy atom. The van der Waals surface area contributed by atoms with Gasteiger partial charge in [0.1, 0.15) is 0 Å². The van der Waals surface area contributed by atoms with Crippen molar-refractivity contribution < 1.29 is 22.0 Å². The van der Waals surface area contributed by atoms with Gasteiger partial charge in [0, 0.05) is 23.7 Å². The van der Waals surface area contributed by atoms with Crippen molar-refractivity contribution in [2.24, 2.45) is 0 Å². The second-order valence-corrected chi connectivity index (χ2v) is 9.52. The van der Waals surface area contributed by atoms with E-state index in [1.807, 2.05) is 0 Å². The zero-order valence-corrected chi connectivity index (χ0v) is 17.0. The van der Waals surface area contributed by atoms with Crippen LogP contribution in [0.1, 0.15) is 23.2 Å². The van der Waals surface area contributed by atoms with Crippen LogP contribution in [0.2, 0.25) is 5.02 Å². The van der Waals surface area contributed by atoms with E-state index in [1.54, 1.807) is 0 Å². The number of amides is 1. The molecule has 2 aromatic carbocycles. The van der Waals surface area contributed by atoms with E-state index < -0.39 is 21.7 Å². The minimum absolute atomic E-state index is 0.00707. The zero-order valence-electron chi connectivity index (χ0n) is 14.6. The number of carbonyl (C=O) groups is 1. The maximum absolute atomic E-state index is 12.7. The summed E-state index contributed by atoms with van der Waals surface area (Å²) in [7, 11) is -3.68. The highest BCUT2D eigenvalue weighted by Gasteiger charge is 2.28. The summed E-state index contributed by atoms with van der Waals surface area (Å²) in [6.45, 7) is 0.908. The highest BCUT2D eigenvalue weighted by atomic mass is 35.5. The molecule has 1 amide bonds. The van der Waals surface area contributed by atoms with Crippen LogP contribution in [0.3, 0.4) is 0 Å². The van der Waals surface area contributed by atoms with Gasteiger partial charge in [-0.3, -0.25) is 4.79 Å². The highest BCUT2D eigenvalue weighted by molar-refractivity contribution is 7.99. The van der Waals surface area contributed by atoms with E-state index in [0.717, 1.165) is 12.8 Å². The largest absolute Gasteiger partial charge is 0.322 e. The van der Waals surface area contributed by atoms with E-state index in [2.05, 4.69) is 5.32 Å². The number of nitrogens with one attached hydrogen (secondary N) is 1. The van der Waals surface area contributed by atoms with Crippen molar-refractivity contribution in [1.82, 2.24) is 4.31 Å². The third kappa shape index (κ3) is 4.83. The van der Waals surface area contributed by atoms with Gasteiger partial charge in [0.25, 0.3) is 11.7 Å². The van der Waals surface area contributed by atoms with Crippen LogP contribution in [0.5, 0.6) is 0 Å². The first-order valence-corrected chi connectivity index (χ1v) is 11.1. The minimum Gasteiger partial charge on any atom is -0.322 e. The van der Waals surface area contributed by atoms with Crippen molar-refractivity contribution >= 4 is 45.0 Å². The molecule has 1 aliphatic rings. The number of nitrogens with zero attached hydrogens (tertiary/aromatic N) is 1. The fourth-order valence-electron chi connectivity index (χ4n) is 2.83. The standard InChI is InChI=1S/C18H17ClF2N2O3S2/c19-16-8-7-14(28(25,26)23-9-1-2-10-23)11-15(16)17(24)22-12-3-5-13(6-4-12)27-18(20)21/h3-8,11,18H,1-2,9-10H2,(H,22,24). The molecule has 2 aromatic rings. The zero-order chi connectivity index (χ0) is 20.3. The summed E-state index contributed by atoms with van der Waals surface area (Å²) in [4.78, 5) is 12.9. The molecular formula is C18H17ClF2N2O3S2. The second kappa shape index (κ2) is 8.77. The number of sulfonamides is 1. The van der Waals surface area contributed by atoms with Crippen molar-refractivity contribution in [2.45, 2.75) is 28.4 Å². The first kappa shape index (κ1) is 21.0. The smallest absolute Gasteiger partial charge is 0.288 e. The van der Waals surface area contributed by atoms with Gasteiger partial charge in [-0.05, 0) is 55.3 Å². The Kier molecular flexibility index (Phi) is 6.59. The number of thioether (sulfide) groups is 1. The number of alkyl halides is 2. The van der Waals surface area contributed by atoms with E-state index in [4.69, 9.17) is 11.6 Å². The van der Waals surface area contributed by atoms with Gasteiger partial charge in [-0.2, -0.15) is 13.1 Å². The predicted octanol–water partition coefficient (Wildman–Crippen LogP) is 4.69. The molecule has 28 heavy (non-hydrogen) atoms. The molecule has 1 fully saturated rings. The number of anilines is 1. The average molecular weight is 447 g/mol. The molecule has 0 unspecified atom stereocenters. The summed E-state index contributed by atoms with van der Waals surface area (Å²) < 4.78 is 51.5. The van der Waals surface area contributed by atoms with Crippen LogP contribution in [-0.2, 0) is 10.0 Å². The monoisotopic (exact) mass is 446 g/mol. The molecule has 1 saturated heterocycles. The molecule has 0 aliphatic carbocycles. The van der Waals surface area contributed by atoms with Crippen molar-refractivity contribution in [1.29, 1.82) is 0 Å². The lowest BCUT2D eigenvalue weighted by atomic mass is 10.2.